The molecule has 0 spiro atoms. The van der Waals surface area contributed by atoms with Gasteiger partial charge in [-0.05, 0) is 84.4 Å². The number of hydrogen-bond acceptors (Lipinski definition) is 5. The van der Waals surface area contributed by atoms with E-state index >= 15 is 0 Å². The van der Waals surface area contributed by atoms with Crippen LogP contribution in [0.25, 0.3) is 0 Å². The lowest BCUT2D eigenvalue weighted by molar-refractivity contribution is -0.138. The predicted octanol–water partition coefficient (Wildman–Crippen LogP) is 7.45. The molecule has 0 bridgehead atoms. The first-order valence-electron chi connectivity index (χ1n) is 13.8. The van der Waals surface area contributed by atoms with Gasteiger partial charge in [0.25, 0.3) is 0 Å². The molecule has 1 N–H and O–H groups in total. The number of oxime groups is 1. The highest BCUT2D eigenvalue weighted by Gasteiger charge is 2.36. The van der Waals surface area contributed by atoms with Crippen LogP contribution in [0.15, 0.2) is 41.6 Å². The maximum Gasteiger partial charge on any atom is 0.506 e. The fourth-order valence-electron chi connectivity index (χ4n) is 5.81. The summed E-state index contributed by atoms with van der Waals surface area (Å²) in [5.74, 6) is 0.472. The molecule has 0 aromatic heterocycles. The zero-order valence-electron chi connectivity index (χ0n) is 22.2. The van der Waals surface area contributed by atoms with Crippen LogP contribution in [0.3, 0.4) is 0 Å². The van der Waals surface area contributed by atoms with Gasteiger partial charge in [0.05, 0.1) is 11.3 Å². The Morgan fingerprint density at radius 3 is 2.38 bits per heavy atom. The third kappa shape index (κ3) is 6.93. The van der Waals surface area contributed by atoms with Crippen molar-refractivity contribution in [2.24, 2.45) is 5.16 Å². The Kier molecular flexibility index (Phi) is 8.16. The van der Waals surface area contributed by atoms with E-state index in [1.165, 1.54) is 17.2 Å². The molecule has 0 unspecified atom stereocenters. The van der Waals surface area contributed by atoms with Crippen LogP contribution >= 0.6 is 0 Å². The SMILES string of the molecule is CC(=NOCc1ccc(C2CCCCC2)c(C(F)(F)F)c1)c1ccc(CN2CC(OC(=O)O)C2)c(C2CC2)c1. The summed E-state index contributed by atoms with van der Waals surface area (Å²) in [5.41, 5.74) is 4.36. The monoisotopic (exact) mass is 544 g/mol. The van der Waals surface area contributed by atoms with E-state index in [1.54, 1.807) is 12.1 Å². The van der Waals surface area contributed by atoms with Gasteiger partial charge in [-0.2, -0.15) is 13.2 Å². The summed E-state index contributed by atoms with van der Waals surface area (Å²) in [6, 6.07) is 10.8. The average molecular weight is 545 g/mol. The number of alkyl halides is 3. The number of rotatable bonds is 9. The molecule has 3 aliphatic rings. The minimum absolute atomic E-state index is 0.0326. The number of benzene rings is 2. The normalized spacial score (nSPS) is 19.5. The first kappa shape index (κ1) is 27.5. The summed E-state index contributed by atoms with van der Waals surface area (Å²) >= 11 is 0. The van der Waals surface area contributed by atoms with Crippen molar-refractivity contribution >= 4 is 11.9 Å². The quantitative estimate of drug-likeness (QED) is 0.202. The molecule has 39 heavy (non-hydrogen) atoms. The second-order valence-corrected chi connectivity index (χ2v) is 11.1. The molecule has 0 amide bonds. The smallest absolute Gasteiger partial charge is 0.450 e. The Morgan fingerprint density at radius 2 is 1.72 bits per heavy atom. The second-order valence-electron chi connectivity index (χ2n) is 11.1. The molecule has 1 aliphatic heterocycles. The van der Waals surface area contributed by atoms with Crippen molar-refractivity contribution in [2.45, 2.75) is 89.1 Å². The predicted molar refractivity (Wildman–Crippen MR) is 141 cm³/mol. The summed E-state index contributed by atoms with van der Waals surface area (Å²) < 4.78 is 46.4. The van der Waals surface area contributed by atoms with E-state index in [1.807, 2.05) is 13.0 Å². The first-order chi connectivity index (χ1) is 18.7. The Morgan fingerprint density at radius 1 is 1.00 bits per heavy atom. The van der Waals surface area contributed by atoms with Crippen LogP contribution in [0.4, 0.5) is 18.0 Å². The topological polar surface area (TPSA) is 71.4 Å². The lowest BCUT2D eigenvalue weighted by Gasteiger charge is -2.38. The van der Waals surface area contributed by atoms with E-state index < -0.39 is 17.9 Å². The molecule has 5 rings (SSSR count). The first-order valence-corrected chi connectivity index (χ1v) is 13.8. The molecule has 9 heteroatoms. The molecule has 210 valence electrons. The molecule has 1 heterocycles. The molecule has 3 fully saturated rings. The van der Waals surface area contributed by atoms with Crippen LogP contribution in [0.1, 0.15) is 97.1 Å². The van der Waals surface area contributed by atoms with Gasteiger partial charge < -0.3 is 14.7 Å². The Balaban J connectivity index is 1.23. The summed E-state index contributed by atoms with van der Waals surface area (Å²) in [4.78, 5) is 18.4. The van der Waals surface area contributed by atoms with Gasteiger partial charge in [0.1, 0.15) is 12.7 Å². The van der Waals surface area contributed by atoms with E-state index in [0.29, 0.717) is 35.8 Å². The van der Waals surface area contributed by atoms with Gasteiger partial charge in [-0.1, -0.05) is 48.7 Å². The summed E-state index contributed by atoms with van der Waals surface area (Å²) in [6.45, 7) is 3.71. The number of likely N-dealkylation sites (tertiary alicyclic amines) is 1. The van der Waals surface area contributed by atoms with E-state index in [0.717, 1.165) is 57.1 Å². The average Bonchev–Trinajstić information content (AvgIpc) is 3.73. The van der Waals surface area contributed by atoms with Crippen LogP contribution in [0.2, 0.25) is 0 Å². The van der Waals surface area contributed by atoms with Crippen molar-refractivity contribution in [1.82, 2.24) is 4.90 Å². The van der Waals surface area contributed by atoms with Crippen LogP contribution in [-0.2, 0) is 28.9 Å². The lowest BCUT2D eigenvalue weighted by atomic mass is 9.81. The van der Waals surface area contributed by atoms with Gasteiger partial charge in [0.15, 0.2) is 0 Å². The van der Waals surface area contributed by atoms with E-state index in [2.05, 4.69) is 22.2 Å². The lowest BCUT2D eigenvalue weighted by Crippen LogP contribution is -2.52. The van der Waals surface area contributed by atoms with Crippen molar-refractivity contribution < 1.29 is 32.6 Å². The third-order valence-electron chi connectivity index (χ3n) is 8.07. The Hall–Kier alpha value is -3.07. The zero-order chi connectivity index (χ0) is 27.6. The maximum atomic E-state index is 13.9. The number of carbonyl (C=O) groups is 1. The summed E-state index contributed by atoms with van der Waals surface area (Å²) in [6.07, 6.45) is 1.01. The molecule has 2 aromatic rings. The van der Waals surface area contributed by atoms with Gasteiger partial charge >= 0.3 is 12.3 Å². The number of carboxylic acid groups (broad SMARTS) is 1. The van der Waals surface area contributed by atoms with Crippen LogP contribution < -0.4 is 0 Å². The van der Waals surface area contributed by atoms with Crippen molar-refractivity contribution in [1.29, 1.82) is 0 Å². The van der Waals surface area contributed by atoms with Crippen LogP contribution in [0, 0.1) is 0 Å². The van der Waals surface area contributed by atoms with Crippen molar-refractivity contribution in [3.05, 3.63) is 69.8 Å². The second kappa shape index (κ2) is 11.6. The minimum Gasteiger partial charge on any atom is -0.450 e. The number of hydrogen-bond donors (Lipinski definition) is 1. The standard InChI is InChI=1S/C30H35F3N2O4/c1-19(23-10-11-24(27(14-23)22-8-9-22)15-35-16-25(17-35)39-29(36)37)34-38-18-20-7-12-26(21-5-3-2-4-6-21)28(13-20)30(31,32)33/h7,10-14,21-22,25H,2-6,8-9,15-18H2,1H3,(H,36,37). The Labute approximate surface area is 226 Å². The van der Waals surface area contributed by atoms with Crippen molar-refractivity contribution in [2.75, 3.05) is 13.1 Å². The van der Waals surface area contributed by atoms with Gasteiger partial charge in [-0.25, -0.2) is 4.79 Å². The zero-order valence-corrected chi connectivity index (χ0v) is 22.2. The van der Waals surface area contributed by atoms with Gasteiger partial charge in [0, 0.05) is 19.6 Å². The van der Waals surface area contributed by atoms with Crippen LogP contribution in [0.5, 0.6) is 0 Å². The molecule has 1 saturated heterocycles. The van der Waals surface area contributed by atoms with Crippen LogP contribution in [-0.4, -0.2) is 41.1 Å². The fourth-order valence-corrected chi connectivity index (χ4v) is 5.81. The van der Waals surface area contributed by atoms with Gasteiger partial charge in [0.2, 0.25) is 0 Å². The highest BCUT2D eigenvalue weighted by Crippen LogP contribution is 2.43. The van der Waals surface area contributed by atoms with Crippen molar-refractivity contribution in [3.8, 4) is 0 Å². The molecule has 6 nitrogen and oxygen atoms in total. The van der Waals surface area contributed by atoms with E-state index in [-0.39, 0.29) is 18.6 Å². The highest BCUT2D eigenvalue weighted by atomic mass is 19.4. The summed E-state index contributed by atoms with van der Waals surface area (Å²) in [7, 11) is 0. The van der Waals surface area contributed by atoms with E-state index in [9.17, 15) is 18.0 Å². The fraction of sp³-hybridized carbons (Fsp3) is 0.533. The third-order valence-corrected chi connectivity index (χ3v) is 8.07. The number of halogens is 3. The molecular formula is C30H35F3N2O4. The largest absolute Gasteiger partial charge is 0.506 e. The Bertz CT molecular complexity index is 1210. The summed E-state index contributed by atoms with van der Waals surface area (Å²) in [5, 5.41) is 13.0. The molecule has 2 saturated carbocycles. The molecule has 0 atom stereocenters. The molecular weight excluding hydrogens is 509 g/mol. The van der Waals surface area contributed by atoms with Crippen molar-refractivity contribution in [3.63, 3.8) is 0 Å². The van der Waals surface area contributed by atoms with Gasteiger partial charge in [-0.15, -0.1) is 0 Å². The minimum atomic E-state index is -4.40. The number of ether oxygens (including phenoxy) is 1. The molecule has 2 aromatic carbocycles. The van der Waals surface area contributed by atoms with E-state index in [4.69, 9.17) is 14.7 Å². The highest BCUT2D eigenvalue weighted by molar-refractivity contribution is 5.98. The molecule has 2 aliphatic carbocycles. The molecule has 0 radical (unpaired) electrons. The number of nitrogens with zero attached hydrogens (tertiary/aromatic N) is 2. The van der Waals surface area contributed by atoms with Gasteiger partial charge in [-0.3, -0.25) is 4.90 Å². The maximum absolute atomic E-state index is 13.9.